The van der Waals surface area contributed by atoms with Crippen molar-refractivity contribution in [2.45, 2.75) is 52.4 Å². The van der Waals surface area contributed by atoms with E-state index in [1.807, 2.05) is 0 Å². The van der Waals surface area contributed by atoms with Crippen molar-refractivity contribution in [2.75, 3.05) is 0 Å². The van der Waals surface area contributed by atoms with Gasteiger partial charge < -0.3 is 0 Å². The van der Waals surface area contributed by atoms with Gasteiger partial charge in [-0.1, -0.05) is 0 Å². The first-order valence-corrected chi connectivity index (χ1v) is 19.2. The van der Waals surface area contributed by atoms with Gasteiger partial charge in [-0.05, 0) is 0 Å². The standard InChI is InChI=1S/C48H40Se/c1-47(2,3)45-34-20-11-7-16-30(34)42(31-17-8-12-21-35(31)45)29-26-27-38-41(28-29)49-40-25-15-24-39(44(38)40)43-32-18-9-13-22-36(32)46(48(4,5)6)37-23-14-10-19-33(37)43/h7-28H,1-6H3. The van der Waals surface area contributed by atoms with Gasteiger partial charge in [0.2, 0.25) is 0 Å². The Hall–Kier alpha value is -4.68. The molecule has 1 aromatic heterocycles. The molecule has 9 aromatic rings. The Morgan fingerprint density at radius 3 is 1.24 bits per heavy atom. The Kier molecular flexibility index (Phi) is 6.77. The van der Waals surface area contributed by atoms with Gasteiger partial charge in [-0.15, -0.1) is 0 Å². The molecule has 0 bridgehead atoms. The number of fused-ring (bicyclic) bond motifs is 7. The molecule has 0 saturated heterocycles. The number of hydrogen-bond donors (Lipinski definition) is 0. The van der Waals surface area contributed by atoms with E-state index in [4.69, 9.17) is 0 Å². The molecule has 1 heterocycles. The van der Waals surface area contributed by atoms with Gasteiger partial charge in [0.25, 0.3) is 0 Å². The Labute approximate surface area is 294 Å². The zero-order valence-electron chi connectivity index (χ0n) is 29.1. The molecule has 0 N–H and O–H groups in total. The van der Waals surface area contributed by atoms with E-state index in [-0.39, 0.29) is 25.3 Å². The predicted octanol–water partition coefficient (Wildman–Crippen LogP) is 13.6. The molecular weight excluding hydrogens is 655 g/mol. The molecule has 0 saturated carbocycles. The summed E-state index contributed by atoms with van der Waals surface area (Å²) in [5.74, 6) is 0. The van der Waals surface area contributed by atoms with E-state index >= 15 is 0 Å². The summed E-state index contributed by atoms with van der Waals surface area (Å²) in [5, 5.41) is 13.6. The average molecular weight is 696 g/mol. The third-order valence-corrected chi connectivity index (χ3v) is 12.8. The molecular formula is C48H40Se. The van der Waals surface area contributed by atoms with E-state index in [0.717, 1.165) is 0 Å². The van der Waals surface area contributed by atoms with Crippen LogP contribution in [0.4, 0.5) is 0 Å². The van der Waals surface area contributed by atoms with E-state index < -0.39 is 0 Å². The van der Waals surface area contributed by atoms with E-state index in [9.17, 15) is 0 Å². The molecule has 8 aromatic carbocycles. The predicted molar refractivity (Wildman–Crippen MR) is 217 cm³/mol. The average Bonchev–Trinajstić information content (AvgIpc) is 3.46. The molecule has 0 atom stereocenters. The molecule has 49 heavy (non-hydrogen) atoms. The summed E-state index contributed by atoms with van der Waals surface area (Å²) in [4.78, 5) is 0. The van der Waals surface area contributed by atoms with E-state index in [2.05, 4.69) is 175 Å². The summed E-state index contributed by atoms with van der Waals surface area (Å²) in [6, 6.07) is 50.6. The molecule has 0 fully saturated rings. The van der Waals surface area contributed by atoms with Crippen LogP contribution in [0.2, 0.25) is 0 Å². The summed E-state index contributed by atoms with van der Waals surface area (Å²) in [6.45, 7) is 14.1. The summed E-state index contributed by atoms with van der Waals surface area (Å²) in [6.07, 6.45) is 0. The fourth-order valence-electron chi connectivity index (χ4n) is 8.66. The zero-order chi connectivity index (χ0) is 33.7. The maximum absolute atomic E-state index is 2.52. The van der Waals surface area contributed by atoms with Crippen LogP contribution in [-0.2, 0) is 10.8 Å². The Morgan fingerprint density at radius 2 is 0.796 bits per heavy atom. The van der Waals surface area contributed by atoms with Gasteiger partial charge in [0, 0.05) is 0 Å². The summed E-state index contributed by atoms with van der Waals surface area (Å²) in [7, 11) is 0. The zero-order valence-corrected chi connectivity index (χ0v) is 30.8. The van der Waals surface area contributed by atoms with Crippen LogP contribution < -0.4 is 0 Å². The molecule has 0 aliphatic carbocycles. The SMILES string of the molecule is CC(C)(C)c1c2ccccc2c(-c2ccc3c(c2)[se]c2cccc(-c4c5ccccc5c(C(C)(C)C)c5ccccc45)c23)c2ccccc12. The number of rotatable bonds is 2. The molecule has 0 unspecified atom stereocenters. The van der Waals surface area contributed by atoms with Crippen LogP contribution in [0.15, 0.2) is 133 Å². The van der Waals surface area contributed by atoms with Crippen LogP contribution >= 0.6 is 0 Å². The topological polar surface area (TPSA) is 0 Å². The van der Waals surface area contributed by atoms with E-state index in [1.165, 1.54) is 95.8 Å². The Balaban J connectivity index is 1.35. The summed E-state index contributed by atoms with van der Waals surface area (Å²) < 4.78 is 2.95. The molecule has 0 spiro atoms. The van der Waals surface area contributed by atoms with Crippen LogP contribution in [0.1, 0.15) is 52.7 Å². The van der Waals surface area contributed by atoms with Gasteiger partial charge in [0.1, 0.15) is 0 Å². The van der Waals surface area contributed by atoms with Gasteiger partial charge >= 0.3 is 296 Å². The van der Waals surface area contributed by atoms with Crippen molar-refractivity contribution in [3.63, 3.8) is 0 Å². The minimum atomic E-state index is 0.0158. The summed E-state index contributed by atoms with van der Waals surface area (Å²) in [5.41, 5.74) is 8.28. The molecule has 0 nitrogen and oxygen atoms in total. The van der Waals surface area contributed by atoms with Crippen molar-refractivity contribution in [3.05, 3.63) is 145 Å². The summed E-state index contributed by atoms with van der Waals surface area (Å²) >= 11 is 0.213. The van der Waals surface area contributed by atoms with Crippen LogP contribution in [0, 0.1) is 0 Å². The quantitative estimate of drug-likeness (QED) is 0.125. The molecule has 0 aliphatic rings. The van der Waals surface area contributed by atoms with Crippen molar-refractivity contribution < 1.29 is 0 Å². The minimum absolute atomic E-state index is 0.0158. The van der Waals surface area contributed by atoms with Crippen LogP contribution in [0.3, 0.4) is 0 Å². The normalized spacial score (nSPS) is 12.7. The Bertz CT molecular complexity index is 2660. The molecule has 0 amide bonds. The number of benzene rings is 8. The van der Waals surface area contributed by atoms with Crippen molar-refractivity contribution in [1.29, 1.82) is 0 Å². The van der Waals surface area contributed by atoms with Crippen molar-refractivity contribution in [2.24, 2.45) is 0 Å². The van der Waals surface area contributed by atoms with Gasteiger partial charge in [-0.2, -0.15) is 0 Å². The third kappa shape index (κ3) is 4.64. The van der Waals surface area contributed by atoms with E-state index in [0.29, 0.717) is 0 Å². The second-order valence-electron chi connectivity index (χ2n) is 15.7. The van der Waals surface area contributed by atoms with Crippen molar-refractivity contribution in [1.82, 2.24) is 0 Å². The Morgan fingerprint density at radius 1 is 0.367 bits per heavy atom. The van der Waals surface area contributed by atoms with Gasteiger partial charge in [0.05, 0.1) is 0 Å². The molecule has 238 valence electrons. The molecule has 1 heteroatoms. The number of hydrogen-bond acceptors (Lipinski definition) is 0. The fraction of sp³-hybridized carbons (Fsp3) is 0.167. The maximum atomic E-state index is 2.52. The second kappa shape index (κ2) is 10.9. The van der Waals surface area contributed by atoms with Crippen LogP contribution in [0.5, 0.6) is 0 Å². The first-order chi connectivity index (χ1) is 23.6. The third-order valence-electron chi connectivity index (χ3n) is 10.4. The first kappa shape index (κ1) is 30.4. The van der Waals surface area contributed by atoms with Gasteiger partial charge in [-0.25, -0.2) is 0 Å². The van der Waals surface area contributed by atoms with Crippen LogP contribution in [-0.4, -0.2) is 14.5 Å². The van der Waals surface area contributed by atoms with E-state index in [1.54, 1.807) is 0 Å². The van der Waals surface area contributed by atoms with Gasteiger partial charge in [-0.3, -0.25) is 0 Å². The fourth-order valence-corrected chi connectivity index (χ4v) is 11.1. The van der Waals surface area contributed by atoms with Gasteiger partial charge in [0.15, 0.2) is 0 Å². The second-order valence-corrected chi connectivity index (χ2v) is 17.9. The van der Waals surface area contributed by atoms with Crippen molar-refractivity contribution >= 4 is 76.9 Å². The van der Waals surface area contributed by atoms with Crippen LogP contribution in [0.25, 0.3) is 84.6 Å². The monoisotopic (exact) mass is 696 g/mol. The first-order valence-electron chi connectivity index (χ1n) is 17.4. The molecule has 0 aliphatic heterocycles. The van der Waals surface area contributed by atoms with Crippen molar-refractivity contribution in [3.8, 4) is 22.3 Å². The molecule has 0 radical (unpaired) electrons. The molecule has 9 rings (SSSR count).